The first-order valence-electron chi connectivity index (χ1n) is 13.7. The highest BCUT2D eigenvalue weighted by atomic mass is 19.3. The number of hydrogen-bond acceptors (Lipinski definition) is 6. The smallest absolute Gasteiger partial charge is 0.275 e. The third-order valence-electron chi connectivity index (χ3n) is 7.69. The van der Waals surface area contributed by atoms with Crippen LogP contribution in [0.4, 0.5) is 30.7 Å². The Kier molecular flexibility index (Phi) is 9.35. The predicted octanol–water partition coefficient (Wildman–Crippen LogP) is 6.19. The fourth-order valence-electron chi connectivity index (χ4n) is 5.21. The number of amides is 2. The summed E-state index contributed by atoms with van der Waals surface area (Å²) in [6.45, 7) is -0.638. The van der Waals surface area contributed by atoms with Crippen molar-refractivity contribution in [1.82, 2.24) is 20.6 Å². The van der Waals surface area contributed by atoms with Crippen LogP contribution in [0.3, 0.4) is 0 Å². The second-order valence-corrected chi connectivity index (χ2v) is 11.2. The summed E-state index contributed by atoms with van der Waals surface area (Å²) in [7, 11) is 0. The summed E-state index contributed by atoms with van der Waals surface area (Å²) in [6.07, 6.45) is -4.10. The summed E-state index contributed by atoms with van der Waals surface area (Å²) in [5.41, 5.74) is -1.67. The minimum Gasteiger partial charge on any atom is -0.410 e. The highest BCUT2D eigenvalue weighted by molar-refractivity contribution is 6.66. The lowest BCUT2D eigenvalue weighted by molar-refractivity contribution is -0.125. The number of aromatic amines is 1. The maximum Gasteiger partial charge on any atom is 0.275 e. The monoisotopic (exact) mass is 626 g/mol. The average molecular weight is 627 g/mol. The van der Waals surface area contributed by atoms with E-state index in [1.807, 2.05) is 5.32 Å². The Morgan fingerprint density at radius 1 is 1.23 bits per heavy atom. The Balaban J connectivity index is 0.00000353. The zero-order valence-corrected chi connectivity index (χ0v) is 23.0. The van der Waals surface area contributed by atoms with Crippen molar-refractivity contribution in [2.45, 2.75) is 82.1 Å². The van der Waals surface area contributed by atoms with Gasteiger partial charge in [0.1, 0.15) is 11.3 Å². The minimum absolute atomic E-state index is 0. The molecule has 4 rings (SSSR count). The Morgan fingerprint density at radius 2 is 1.88 bits per heavy atom. The van der Waals surface area contributed by atoms with Gasteiger partial charge in [-0.1, -0.05) is 11.2 Å². The van der Waals surface area contributed by atoms with Crippen molar-refractivity contribution < 1.29 is 49.8 Å². The zero-order chi connectivity index (χ0) is 31.7. The van der Waals surface area contributed by atoms with Crippen LogP contribution in [0.15, 0.2) is 17.3 Å². The maximum atomic E-state index is 15.7. The van der Waals surface area contributed by atoms with Gasteiger partial charge in [-0.15, -0.1) is 0 Å². The van der Waals surface area contributed by atoms with E-state index in [9.17, 15) is 41.1 Å². The molecule has 242 valence electrons. The van der Waals surface area contributed by atoms with Gasteiger partial charge in [0.15, 0.2) is 11.5 Å². The highest BCUT2D eigenvalue weighted by Crippen LogP contribution is 2.42. The first-order chi connectivity index (χ1) is 20.1. The van der Waals surface area contributed by atoms with Crippen LogP contribution in [0.25, 0.3) is 11.0 Å². The zero-order valence-electron chi connectivity index (χ0n) is 23.0. The van der Waals surface area contributed by atoms with E-state index < -0.39 is 96.4 Å². The number of aromatic nitrogens is 2. The van der Waals surface area contributed by atoms with E-state index >= 15 is 4.39 Å². The van der Waals surface area contributed by atoms with Crippen molar-refractivity contribution in [3.8, 4) is 0 Å². The molecule has 1 aromatic heterocycles. The molecule has 2 atom stereocenters. The molecular weight excluding hydrogens is 589 g/mol. The molecular formula is C27H37F7N6O3. The number of carbonyl (C=O) groups is 2. The van der Waals surface area contributed by atoms with Crippen molar-refractivity contribution in [1.29, 1.82) is 5.41 Å². The number of H-pyrrole nitrogens is 1. The summed E-state index contributed by atoms with van der Waals surface area (Å²) in [5, 5.41) is 24.9. The summed E-state index contributed by atoms with van der Waals surface area (Å²) in [5.74, 6) is -12.5. The first-order valence-corrected chi connectivity index (χ1v) is 13.7. The third-order valence-corrected chi connectivity index (χ3v) is 7.69. The van der Waals surface area contributed by atoms with Crippen LogP contribution >= 0.6 is 0 Å². The van der Waals surface area contributed by atoms with Crippen molar-refractivity contribution in [3.05, 3.63) is 29.3 Å². The van der Waals surface area contributed by atoms with Crippen molar-refractivity contribution in [2.24, 2.45) is 17.0 Å². The Morgan fingerprint density at radius 3 is 2.44 bits per heavy atom. The van der Waals surface area contributed by atoms with E-state index in [0.717, 1.165) is 6.07 Å². The molecule has 2 aromatic rings. The van der Waals surface area contributed by atoms with Gasteiger partial charge in [-0.05, 0) is 37.7 Å². The van der Waals surface area contributed by atoms with Crippen LogP contribution in [0.1, 0.15) is 79.5 Å². The number of alkyl halides is 6. The molecule has 0 saturated heterocycles. The van der Waals surface area contributed by atoms with Crippen LogP contribution in [0, 0.1) is 23.1 Å². The molecule has 0 spiro atoms. The lowest BCUT2D eigenvalue weighted by Crippen LogP contribution is -2.43. The SMILES string of the molecule is CC(F)(F)CNC(=O)C(CC(F)F)c1ccc2[nH]c([C@@H](NC(=O)/C(=N/O)C(=N)C3CC3)C3CCC(F)(F)CC3)nc2c1F.[HH].[HH].[HH]. The first kappa shape index (κ1) is 32.2. The number of fused-ring (bicyclic) bond motifs is 1. The van der Waals surface area contributed by atoms with Crippen LogP contribution in [0.2, 0.25) is 0 Å². The van der Waals surface area contributed by atoms with Crippen LogP contribution in [-0.2, 0) is 9.59 Å². The predicted molar refractivity (Wildman–Crippen MR) is 147 cm³/mol. The quantitative estimate of drug-likeness (QED) is 0.0828. The number of rotatable bonds is 12. The standard InChI is InChI=1S/C27H31F7N6O3.3H2/c1-26(31,32)11-36-24(41)15(10-17(28)29)14-4-5-16-21(18(14)30)38-23(37-16)20(13-6-8-27(33,34)9-7-13)39-25(42)22(40-43)19(35)12-2-3-12;;;/h4-5,12-13,15,17,20,35,43H,2-3,6-11H2,1H3,(H,36,41)(H,37,38)(H,39,42);3*1H/b35-19?,40-22+;;;/t15?,20-;;;/m0.../s1. The van der Waals surface area contributed by atoms with Gasteiger partial charge in [0, 0.05) is 41.9 Å². The van der Waals surface area contributed by atoms with E-state index in [4.69, 9.17) is 5.41 Å². The molecule has 2 amide bonds. The molecule has 2 aliphatic carbocycles. The lowest BCUT2D eigenvalue weighted by Gasteiger charge is -2.33. The summed E-state index contributed by atoms with van der Waals surface area (Å²) in [4.78, 5) is 32.6. The fraction of sp³-hybridized carbons (Fsp3) is 0.593. The van der Waals surface area contributed by atoms with Gasteiger partial charge in [-0.25, -0.2) is 35.7 Å². The second kappa shape index (κ2) is 12.5. The van der Waals surface area contributed by atoms with E-state index in [2.05, 4.69) is 20.4 Å². The van der Waals surface area contributed by atoms with Gasteiger partial charge < -0.3 is 26.2 Å². The van der Waals surface area contributed by atoms with E-state index in [-0.39, 0.29) is 40.1 Å². The van der Waals surface area contributed by atoms with Crippen LogP contribution in [-0.4, -0.2) is 63.2 Å². The third kappa shape index (κ3) is 7.82. The normalized spacial score (nSPS) is 19.3. The number of hydrogen-bond donors (Lipinski definition) is 5. The van der Waals surface area contributed by atoms with E-state index in [0.29, 0.717) is 19.8 Å². The molecule has 43 heavy (non-hydrogen) atoms. The molecule has 1 aromatic carbocycles. The Hall–Kier alpha value is -3.72. The number of imidazole rings is 1. The summed E-state index contributed by atoms with van der Waals surface area (Å²) in [6, 6.07) is 1.15. The van der Waals surface area contributed by atoms with E-state index in [1.54, 1.807) is 0 Å². The summed E-state index contributed by atoms with van der Waals surface area (Å²) >= 11 is 0. The van der Waals surface area contributed by atoms with Crippen molar-refractivity contribution in [2.75, 3.05) is 6.54 Å². The van der Waals surface area contributed by atoms with Crippen molar-refractivity contribution in [3.63, 3.8) is 0 Å². The largest absolute Gasteiger partial charge is 0.410 e. The maximum absolute atomic E-state index is 15.7. The molecule has 5 N–H and O–H groups in total. The Labute approximate surface area is 245 Å². The van der Waals surface area contributed by atoms with Crippen molar-refractivity contribution >= 4 is 34.3 Å². The van der Waals surface area contributed by atoms with Gasteiger partial charge in [0.25, 0.3) is 11.8 Å². The van der Waals surface area contributed by atoms with Crippen LogP contribution < -0.4 is 10.6 Å². The number of halogens is 7. The number of benzene rings is 1. The molecule has 0 bridgehead atoms. The number of nitrogens with one attached hydrogen (secondary N) is 4. The molecule has 1 unspecified atom stereocenters. The molecule has 16 heteroatoms. The molecule has 0 aliphatic heterocycles. The van der Waals surface area contributed by atoms with Gasteiger partial charge in [0.05, 0.1) is 29.7 Å². The molecule has 0 radical (unpaired) electrons. The molecule has 9 nitrogen and oxygen atoms in total. The number of oxime groups is 1. The molecule has 1 heterocycles. The minimum atomic E-state index is -3.34. The van der Waals surface area contributed by atoms with Crippen LogP contribution in [0.5, 0.6) is 0 Å². The number of carbonyl (C=O) groups excluding carboxylic acids is 2. The fourth-order valence-corrected chi connectivity index (χ4v) is 5.21. The Bertz CT molecular complexity index is 1410. The summed E-state index contributed by atoms with van der Waals surface area (Å²) < 4.78 is 96.8. The van der Waals surface area contributed by atoms with Gasteiger partial charge >= 0.3 is 0 Å². The highest BCUT2D eigenvalue weighted by Gasteiger charge is 2.41. The van der Waals surface area contributed by atoms with Gasteiger partial charge in [-0.2, -0.15) is 0 Å². The average Bonchev–Trinajstić information content (AvgIpc) is 3.68. The lowest BCUT2D eigenvalue weighted by atomic mass is 9.81. The van der Waals surface area contributed by atoms with E-state index in [1.165, 1.54) is 6.07 Å². The number of nitrogens with zero attached hydrogens (tertiary/aromatic N) is 2. The molecule has 2 fully saturated rings. The second-order valence-electron chi connectivity index (χ2n) is 11.2. The van der Waals surface area contributed by atoms with Gasteiger partial charge in [-0.3, -0.25) is 9.59 Å². The topological polar surface area (TPSA) is 143 Å². The molecule has 2 saturated carbocycles. The molecule has 2 aliphatic rings. The van der Waals surface area contributed by atoms with Gasteiger partial charge in [0.2, 0.25) is 18.3 Å².